The number of likely N-dealkylation sites (tertiary alicyclic amines) is 1. The zero-order valence-corrected chi connectivity index (χ0v) is 16.6. The van der Waals surface area contributed by atoms with Gasteiger partial charge in [0.25, 0.3) is 0 Å². The molecule has 1 aliphatic carbocycles. The number of carbonyl (C=O) groups excluding carboxylic acids is 1. The number of H-pyrrole nitrogens is 1. The summed E-state index contributed by atoms with van der Waals surface area (Å²) in [6.07, 6.45) is 3.15. The first-order valence-corrected chi connectivity index (χ1v) is 10.1. The van der Waals surface area contributed by atoms with Crippen LogP contribution in [0.2, 0.25) is 5.02 Å². The minimum Gasteiger partial charge on any atom is -0.376 e. The number of fused-ring (bicyclic) bond motifs is 1. The number of aromatic amines is 1. The van der Waals surface area contributed by atoms with Crippen LogP contribution >= 0.6 is 11.6 Å². The second-order valence-electron chi connectivity index (χ2n) is 9.19. The fourth-order valence-electron chi connectivity index (χ4n) is 5.10. The molecule has 150 valence electrons. The number of nitrogens with zero attached hydrogens (tertiary/aromatic N) is 2. The van der Waals surface area contributed by atoms with Crippen LogP contribution in [0, 0.1) is 17.2 Å². The van der Waals surface area contributed by atoms with E-state index in [1.165, 1.54) is 12.1 Å². The highest BCUT2D eigenvalue weighted by Gasteiger charge is 2.52. The van der Waals surface area contributed by atoms with E-state index >= 15 is 0 Å². The third-order valence-electron chi connectivity index (χ3n) is 6.25. The van der Waals surface area contributed by atoms with Crippen molar-refractivity contribution in [3.63, 3.8) is 0 Å². The van der Waals surface area contributed by atoms with Crippen LogP contribution in [0.1, 0.15) is 25.6 Å². The normalized spacial score (nSPS) is 23.2. The summed E-state index contributed by atoms with van der Waals surface area (Å²) in [6, 6.07) is 2.73. The number of nitrogens with one attached hydrogen (secondary N) is 2. The van der Waals surface area contributed by atoms with Gasteiger partial charge in [-0.15, -0.1) is 0 Å². The second kappa shape index (κ2) is 6.40. The summed E-state index contributed by atoms with van der Waals surface area (Å²) >= 11 is 6.08. The molecule has 1 saturated carbocycles. The number of amides is 1. The summed E-state index contributed by atoms with van der Waals surface area (Å²) in [5, 5.41) is 3.41. The Kier molecular flexibility index (Phi) is 4.19. The Morgan fingerprint density at radius 1 is 1.43 bits per heavy atom. The van der Waals surface area contributed by atoms with E-state index in [4.69, 9.17) is 16.3 Å². The van der Waals surface area contributed by atoms with Crippen molar-refractivity contribution in [3.05, 3.63) is 28.8 Å². The molecule has 2 N–H and O–H groups in total. The average Bonchev–Trinajstić information content (AvgIpc) is 2.92. The smallest absolute Gasteiger partial charge is 0.234 e. The fourth-order valence-corrected chi connectivity index (χ4v) is 5.35. The number of imidazole rings is 1. The molecule has 2 saturated heterocycles. The van der Waals surface area contributed by atoms with E-state index in [-0.39, 0.29) is 17.3 Å². The highest BCUT2D eigenvalue weighted by Crippen LogP contribution is 2.52. The van der Waals surface area contributed by atoms with Gasteiger partial charge in [0.05, 0.1) is 35.8 Å². The molecule has 2 aromatic rings. The van der Waals surface area contributed by atoms with Crippen LogP contribution in [-0.2, 0) is 16.0 Å². The maximum absolute atomic E-state index is 13.5. The molecule has 6 nitrogen and oxygen atoms in total. The number of hydrogen-bond acceptors (Lipinski definition) is 4. The van der Waals surface area contributed by atoms with E-state index in [0.29, 0.717) is 47.1 Å². The summed E-state index contributed by atoms with van der Waals surface area (Å²) in [5.41, 5.74) is 1.47. The van der Waals surface area contributed by atoms with Crippen molar-refractivity contribution in [2.24, 2.45) is 11.3 Å². The summed E-state index contributed by atoms with van der Waals surface area (Å²) < 4.78 is 18.6. The van der Waals surface area contributed by atoms with E-state index in [2.05, 4.69) is 20.2 Å². The van der Waals surface area contributed by atoms with Crippen LogP contribution < -0.4 is 5.32 Å². The lowest BCUT2D eigenvalue weighted by molar-refractivity contribution is -0.140. The lowest BCUT2D eigenvalue weighted by Gasteiger charge is -2.59. The van der Waals surface area contributed by atoms with Gasteiger partial charge in [0.15, 0.2) is 0 Å². The number of ether oxygens (including phenoxy) is 1. The zero-order valence-electron chi connectivity index (χ0n) is 15.9. The number of halogens is 2. The van der Waals surface area contributed by atoms with Crippen LogP contribution in [0.15, 0.2) is 12.1 Å². The van der Waals surface area contributed by atoms with E-state index in [9.17, 15) is 9.18 Å². The van der Waals surface area contributed by atoms with Gasteiger partial charge in [0.2, 0.25) is 5.91 Å². The molecular formula is C20H24ClFN4O2. The summed E-state index contributed by atoms with van der Waals surface area (Å²) in [6.45, 7) is 5.66. The molecule has 28 heavy (non-hydrogen) atoms. The summed E-state index contributed by atoms with van der Waals surface area (Å²) in [7, 11) is 0. The molecule has 1 aromatic heterocycles. The minimum atomic E-state index is -0.354. The van der Waals surface area contributed by atoms with Crippen molar-refractivity contribution in [2.75, 3.05) is 32.8 Å². The number of rotatable bonds is 5. The van der Waals surface area contributed by atoms with Crippen LogP contribution in [0.3, 0.4) is 0 Å². The largest absolute Gasteiger partial charge is 0.376 e. The van der Waals surface area contributed by atoms with Crippen molar-refractivity contribution in [2.45, 2.75) is 31.7 Å². The molecule has 1 amide bonds. The van der Waals surface area contributed by atoms with Crippen LogP contribution in [0.4, 0.5) is 4.39 Å². The maximum Gasteiger partial charge on any atom is 0.234 e. The van der Waals surface area contributed by atoms with Gasteiger partial charge in [-0.1, -0.05) is 11.6 Å². The highest BCUT2D eigenvalue weighted by atomic mass is 35.5. The molecule has 0 bridgehead atoms. The van der Waals surface area contributed by atoms with Gasteiger partial charge < -0.3 is 15.0 Å². The Balaban J connectivity index is 1.10. The van der Waals surface area contributed by atoms with Gasteiger partial charge in [0.1, 0.15) is 17.2 Å². The van der Waals surface area contributed by atoms with E-state index < -0.39 is 0 Å². The Morgan fingerprint density at radius 2 is 2.18 bits per heavy atom. The number of aromatic nitrogens is 2. The van der Waals surface area contributed by atoms with Crippen LogP contribution in [0.5, 0.6) is 0 Å². The Morgan fingerprint density at radius 3 is 2.86 bits per heavy atom. The molecule has 3 heterocycles. The molecular weight excluding hydrogens is 383 g/mol. The first kappa shape index (κ1) is 18.3. The van der Waals surface area contributed by atoms with E-state index in [1.807, 2.05) is 6.92 Å². The zero-order chi connectivity index (χ0) is 19.5. The summed E-state index contributed by atoms with van der Waals surface area (Å²) in [5.74, 6) is 1.18. The predicted octanol–water partition coefficient (Wildman–Crippen LogP) is 2.52. The SMILES string of the molecule is CC1(NC(=O)CN2CC3(CC(Cc4nc5c(Cl)cc(F)cc5[nH]4)C3)C2)COC1. The standard InChI is InChI=1S/C20H24ClFN4O2/c1-19(10-28-11-19)25-17(27)7-26-8-20(9-26)5-12(6-20)2-16-23-15-4-13(22)3-14(21)18(15)24-16/h3-4,12H,2,5-11H2,1H3,(H,23,24)(H,25,27). The first-order chi connectivity index (χ1) is 13.3. The Labute approximate surface area is 167 Å². The predicted molar refractivity (Wildman–Crippen MR) is 104 cm³/mol. The molecule has 0 radical (unpaired) electrons. The van der Waals surface area contributed by atoms with Crippen molar-refractivity contribution in [1.29, 1.82) is 0 Å². The molecule has 8 heteroatoms. The minimum absolute atomic E-state index is 0.0860. The Hall–Kier alpha value is -1.70. The fraction of sp³-hybridized carbons (Fsp3) is 0.600. The second-order valence-corrected chi connectivity index (χ2v) is 9.60. The van der Waals surface area contributed by atoms with Gasteiger partial charge >= 0.3 is 0 Å². The molecule has 1 aromatic carbocycles. The third kappa shape index (κ3) is 3.29. The van der Waals surface area contributed by atoms with Crippen molar-refractivity contribution >= 4 is 28.5 Å². The molecule has 5 rings (SSSR count). The number of benzene rings is 1. The molecule has 0 unspecified atom stereocenters. The average molecular weight is 407 g/mol. The molecule has 0 atom stereocenters. The van der Waals surface area contributed by atoms with E-state index in [0.717, 1.165) is 38.2 Å². The quantitative estimate of drug-likeness (QED) is 0.800. The third-order valence-corrected chi connectivity index (χ3v) is 6.54. The van der Waals surface area contributed by atoms with Gasteiger partial charge in [-0.2, -0.15) is 0 Å². The monoisotopic (exact) mass is 406 g/mol. The molecule has 1 spiro atoms. The summed E-state index contributed by atoms with van der Waals surface area (Å²) in [4.78, 5) is 22.1. The first-order valence-electron chi connectivity index (χ1n) is 9.76. The molecule has 2 aliphatic heterocycles. The van der Waals surface area contributed by atoms with Crippen molar-refractivity contribution in [3.8, 4) is 0 Å². The van der Waals surface area contributed by atoms with Gasteiger partial charge in [-0.3, -0.25) is 9.69 Å². The van der Waals surface area contributed by atoms with Crippen molar-refractivity contribution < 1.29 is 13.9 Å². The molecule has 3 aliphatic rings. The van der Waals surface area contributed by atoms with Crippen LogP contribution in [-0.4, -0.2) is 59.2 Å². The number of hydrogen-bond donors (Lipinski definition) is 2. The Bertz CT molecular complexity index is 928. The lowest BCUT2D eigenvalue weighted by Crippen LogP contribution is -2.66. The van der Waals surface area contributed by atoms with E-state index in [1.54, 1.807) is 0 Å². The lowest BCUT2D eigenvalue weighted by atomic mass is 9.57. The van der Waals surface area contributed by atoms with Gasteiger partial charge in [-0.25, -0.2) is 9.37 Å². The van der Waals surface area contributed by atoms with Crippen molar-refractivity contribution in [1.82, 2.24) is 20.2 Å². The van der Waals surface area contributed by atoms with Gasteiger partial charge in [-0.05, 0) is 43.2 Å². The number of carbonyl (C=O) groups is 1. The van der Waals surface area contributed by atoms with Crippen LogP contribution in [0.25, 0.3) is 11.0 Å². The topological polar surface area (TPSA) is 70.2 Å². The highest BCUT2D eigenvalue weighted by molar-refractivity contribution is 6.34. The molecule has 3 fully saturated rings. The maximum atomic E-state index is 13.5. The van der Waals surface area contributed by atoms with Gasteiger partial charge in [0, 0.05) is 19.5 Å².